The summed E-state index contributed by atoms with van der Waals surface area (Å²) in [5, 5.41) is 6.36. The fourth-order valence-corrected chi connectivity index (χ4v) is 5.22. The number of nitrogens with zero attached hydrogens (tertiary/aromatic N) is 6. The summed E-state index contributed by atoms with van der Waals surface area (Å²) in [5.74, 6) is -0.507. The van der Waals surface area contributed by atoms with Gasteiger partial charge in [-0.25, -0.2) is 23.7 Å². The first-order valence-electron chi connectivity index (χ1n) is 12.2. The van der Waals surface area contributed by atoms with Gasteiger partial charge >= 0.3 is 0 Å². The molecule has 1 saturated heterocycles. The van der Waals surface area contributed by atoms with Crippen molar-refractivity contribution in [3.63, 3.8) is 0 Å². The molecule has 9 nitrogen and oxygen atoms in total. The lowest BCUT2D eigenvalue weighted by molar-refractivity contribution is -0.0221. The molecule has 1 aliphatic heterocycles. The third-order valence-corrected chi connectivity index (χ3v) is 7.33. The number of benzene rings is 1. The number of anilines is 1. The molecule has 1 N–H and O–H groups in total. The largest absolute Gasteiger partial charge is 0.493 e. The molecule has 39 heavy (non-hydrogen) atoms. The third-order valence-electron chi connectivity index (χ3n) is 6.81. The van der Waals surface area contributed by atoms with Crippen molar-refractivity contribution in [2.75, 3.05) is 32.2 Å². The van der Waals surface area contributed by atoms with Gasteiger partial charge in [0.1, 0.15) is 16.5 Å². The van der Waals surface area contributed by atoms with Gasteiger partial charge in [-0.05, 0) is 18.2 Å². The summed E-state index contributed by atoms with van der Waals surface area (Å²) in [6.07, 6.45) is 3.08. The maximum Gasteiger partial charge on any atom is 0.251 e. The molecule has 0 unspecified atom stereocenters. The number of alkyl halides is 2. The topological polar surface area (TPSA) is 94.0 Å². The Morgan fingerprint density at radius 3 is 2.51 bits per heavy atom. The van der Waals surface area contributed by atoms with Crippen LogP contribution in [0.3, 0.4) is 0 Å². The molecular weight excluding hydrogens is 551 g/mol. The number of methoxy groups -OCH3 is 2. The number of H-pyrrole nitrogens is 1. The zero-order chi connectivity index (χ0) is 27.3. The van der Waals surface area contributed by atoms with Crippen LogP contribution in [-0.4, -0.2) is 62.9 Å². The number of hydrogen-bond acceptors (Lipinski definition) is 7. The fraction of sp³-hybridized carbons (Fsp3) is 0.308. The zero-order valence-corrected chi connectivity index (χ0v) is 22.5. The average Bonchev–Trinajstić information content (AvgIpc) is 3.51. The standard InChI is InChI=1S/C26H23Cl2F2N7O2/c1-38-19-9-14(17(27)10-20(19)39-2)15-11-31-25(36-7-5-26(29,30)6-8-36)23-16(15)12-37(35-23)13-22-32-18-3-4-21(28)33-24(18)34-22/h3-4,9-12H,5-8,13H2,1-2H3,(H,32,33,34). The van der Waals surface area contributed by atoms with E-state index in [1.807, 2.05) is 17.2 Å². The quantitative estimate of drug-likeness (QED) is 0.250. The number of piperidine rings is 1. The number of hydrogen-bond donors (Lipinski definition) is 1. The van der Waals surface area contributed by atoms with E-state index in [-0.39, 0.29) is 25.9 Å². The van der Waals surface area contributed by atoms with Crippen LogP contribution >= 0.6 is 23.2 Å². The summed E-state index contributed by atoms with van der Waals surface area (Å²) in [6.45, 7) is 0.655. The summed E-state index contributed by atoms with van der Waals surface area (Å²) in [6, 6.07) is 6.96. The molecule has 1 aliphatic rings. The van der Waals surface area contributed by atoms with E-state index in [1.54, 1.807) is 36.2 Å². The number of aromatic nitrogens is 6. The number of pyridine rings is 2. The Hall–Kier alpha value is -3.70. The first-order valence-corrected chi connectivity index (χ1v) is 12.9. The van der Waals surface area contributed by atoms with Crippen molar-refractivity contribution in [2.45, 2.75) is 25.3 Å². The molecule has 0 aliphatic carbocycles. The molecule has 5 aromatic rings. The lowest BCUT2D eigenvalue weighted by atomic mass is 10.0. The minimum absolute atomic E-state index is 0.175. The maximum atomic E-state index is 13.9. The molecule has 0 radical (unpaired) electrons. The average molecular weight is 574 g/mol. The third kappa shape index (κ3) is 4.80. The number of rotatable bonds is 6. The van der Waals surface area contributed by atoms with Crippen molar-refractivity contribution in [2.24, 2.45) is 0 Å². The van der Waals surface area contributed by atoms with Crippen molar-refractivity contribution in [1.82, 2.24) is 29.7 Å². The summed E-state index contributed by atoms with van der Waals surface area (Å²) >= 11 is 12.7. The van der Waals surface area contributed by atoms with Crippen LogP contribution in [0.1, 0.15) is 18.7 Å². The molecule has 0 spiro atoms. The second-order valence-electron chi connectivity index (χ2n) is 9.30. The van der Waals surface area contributed by atoms with Gasteiger partial charge in [0.2, 0.25) is 0 Å². The Labute approximate surface area is 231 Å². The Bertz CT molecular complexity index is 1700. The van der Waals surface area contributed by atoms with E-state index >= 15 is 0 Å². The second kappa shape index (κ2) is 9.80. The van der Waals surface area contributed by atoms with Crippen LogP contribution in [0.2, 0.25) is 10.2 Å². The highest BCUT2D eigenvalue weighted by molar-refractivity contribution is 6.34. The van der Waals surface area contributed by atoms with Crippen LogP contribution in [0.4, 0.5) is 14.6 Å². The van der Waals surface area contributed by atoms with Gasteiger partial charge in [0.05, 0.1) is 31.3 Å². The van der Waals surface area contributed by atoms with Crippen LogP contribution in [0, 0.1) is 0 Å². The smallest absolute Gasteiger partial charge is 0.251 e. The SMILES string of the molecule is COc1cc(Cl)c(-c2cnc(N3CCC(F)(F)CC3)c3nn(Cc4nc5nc(Cl)ccc5[nH]4)cc23)cc1OC. The molecule has 0 saturated carbocycles. The summed E-state index contributed by atoms with van der Waals surface area (Å²) in [4.78, 5) is 18.5. The highest BCUT2D eigenvalue weighted by Gasteiger charge is 2.35. The Balaban J connectivity index is 1.47. The van der Waals surface area contributed by atoms with E-state index < -0.39 is 5.92 Å². The van der Waals surface area contributed by atoms with Crippen LogP contribution in [0.15, 0.2) is 36.7 Å². The van der Waals surface area contributed by atoms with Gasteiger partial charge in [0, 0.05) is 60.9 Å². The minimum Gasteiger partial charge on any atom is -0.493 e. The molecule has 5 heterocycles. The van der Waals surface area contributed by atoms with Crippen molar-refractivity contribution in [1.29, 1.82) is 0 Å². The van der Waals surface area contributed by atoms with Crippen LogP contribution in [-0.2, 0) is 6.54 Å². The van der Waals surface area contributed by atoms with Gasteiger partial charge in [0.25, 0.3) is 5.92 Å². The molecule has 13 heteroatoms. The van der Waals surface area contributed by atoms with Gasteiger partial charge in [-0.15, -0.1) is 0 Å². The highest BCUT2D eigenvalue weighted by atomic mass is 35.5. The van der Waals surface area contributed by atoms with Crippen LogP contribution in [0.5, 0.6) is 11.5 Å². The predicted octanol–water partition coefficient (Wildman–Crippen LogP) is 5.98. The molecule has 0 bridgehead atoms. The fourth-order valence-electron chi connectivity index (χ4n) is 4.82. The van der Waals surface area contributed by atoms with Crippen molar-refractivity contribution in [3.8, 4) is 22.6 Å². The molecule has 1 aromatic carbocycles. The lowest BCUT2D eigenvalue weighted by Crippen LogP contribution is -2.39. The molecule has 0 atom stereocenters. The first kappa shape index (κ1) is 25.6. The number of imidazole rings is 1. The number of aromatic amines is 1. The van der Waals surface area contributed by atoms with Crippen molar-refractivity contribution < 1.29 is 18.3 Å². The van der Waals surface area contributed by atoms with Crippen molar-refractivity contribution in [3.05, 3.63) is 52.7 Å². The van der Waals surface area contributed by atoms with Gasteiger partial charge in [0.15, 0.2) is 23.0 Å². The van der Waals surface area contributed by atoms with E-state index in [1.165, 1.54) is 7.11 Å². The van der Waals surface area contributed by atoms with Gasteiger partial charge in [-0.1, -0.05) is 23.2 Å². The van der Waals surface area contributed by atoms with Crippen LogP contribution < -0.4 is 14.4 Å². The predicted molar refractivity (Wildman–Crippen MR) is 145 cm³/mol. The van der Waals surface area contributed by atoms with E-state index in [2.05, 4.69) is 19.9 Å². The second-order valence-corrected chi connectivity index (χ2v) is 10.1. The van der Waals surface area contributed by atoms with Crippen LogP contribution in [0.25, 0.3) is 33.2 Å². The van der Waals surface area contributed by atoms with E-state index in [0.29, 0.717) is 62.2 Å². The van der Waals surface area contributed by atoms with Gasteiger partial charge in [-0.3, -0.25) is 4.68 Å². The summed E-state index contributed by atoms with van der Waals surface area (Å²) < 4.78 is 40.4. The molecular formula is C26H23Cl2F2N7O2. The highest BCUT2D eigenvalue weighted by Crippen LogP contribution is 2.42. The first-order chi connectivity index (χ1) is 18.7. The lowest BCUT2D eigenvalue weighted by Gasteiger charge is -2.32. The number of fused-ring (bicyclic) bond motifs is 2. The maximum absolute atomic E-state index is 13.9. The Kier molecular flexibility index (Phi) is 6.43. The Morgan fingerprint density at radius 1 is 1.03 bits per heavy atom. The van der Waals surface area contributed by atoms with E-state index in [9.17, 15) is 8.78 Å². The van der Waals surface area contributed by atoms with E-state index in [0.717, 1.165) is 10.9 Å². The monoisotopic (exact) mass is 573 g/mol. The van der Waals surface area contributed by atoms with E-state index in [4.69, 9.17) is 37.8 Å². The molecule has 202 valence electrons. The van der Waals surface area contributed by atoms with Crippen molar-refractivity contribution >= 4 is 51.1 Å². The summed E-state index contributed by atoms with van der Waals surface area (Å²) in [5.41, 5.74) is 3.21. The van der Waals surface area contributed by atoms with Gasteiger partial charge < -0.3 is 19.4 Å². The number of halogens is 4. The summed E-state index contributed by atoms with van der Waals surface area (Å²) in [7, 11) is 3.09. The minimum atomic E-state index is -2.68. The number of nitrogens with one attached hydrogen (secondary N) is 1. The Morgan fingerprint density at radius 2 is 1.77 bits per heavy atom. The number of ether oxygens (including phenoxy) is 2. The normalized spacial score (nSPS) is 15.3. The molecule has 6 rings (SSSR count). The molecule has 4 aromatic heterocycles. The molecule has 1 fully saturated rings. The molecule has 0 amide bonds. The van der Waals surface area contributed by atoms with Gasteiger partial charge in [-0.2, -0.15) is 5.10 Å². The zero-order valence-electron chi connectivity index (χ0n) is 21.0.